The lowest BCUT2D eigenvalue weighted by molar-refractivity contribution is 0.0737. The standard InChI is InChI=1S/C17H29N5O2.C16H27N5O2.H2O/c1-9-6-7-11(8-12(9)23)20-15-13(14(18)24)10(2)19-16(21-15)22-17(3,4)5;1-9-5-6-10(7-12(9)22)19-14-11(13(17)23)8-18-15(20-14)21-16(2,3)4;/h9,11-12,23H,6-8H2,1-5H3,(H2,18,24)(H2,19,20,21,22);8-10,12,22H,5-7H2,1-4H3,(H2,17,23)(H2,18,19,20,21);1H2/i/hD2. The second-order valence-corrected chi connectivity index (χ2v) is 15.2. The van der Waals surface area contributed by atoms with E-state index in [1.807, 2.05) is 48.5 Å². The van der Waals surface area contributed by atoms with Crippen LogP contribution in [0.4, 0.5) is 23.5 Å². The number of aliphatic hydroxyl groups is 2. The van der Waals surface area contributed by atoms with Crippen LogP contribution in [0.15, 0.2) is 6.20 Å². The molecule has 12 N–H and O–H groups in total. The number of hydrogen-bond acceptors (Lipinski definition) is 12. The fourth-order valence-corrected chi connectivity index (χ4v) is 5.68. The van der Waals surface area contributed by atoms with E-state index in [1.165, 1.54) is 6.20 Å². The van der Waals surface area contributed by atoms with Crippen LogP contribution in [0.5, 0.6) is 0 Å². The Labute approximate surface area is 287 Å². The molecule has 2 aliphatic carbocycles. The predicted octanol–water partition coefficient (Wildman–Crippen LogP) is 2.98. The Morgan fingerprint density at radius 1 is 0.812 bits per heavy atom. The molecular formula is C33H58N10O5. The van der Waals surface area contributed by atoms with Crippen LogP contribution in [0.2, 0.25) is 0 Å². The van der Waals surface area contributed by atoms with Crippen LogP contribution in [0.25, 0.3) is 0 Å². The third kappa shape index (κ3) is 12.0. The molecule has 15 heteroatoms. The molecule has 0 spiro atoms. The van der Waals surface area contributed by atoms with Gasteiger partial charge in [0.15, 0.2) is 0 Å². The molecule has 2 aliphatic rings. The van der Waals surface area contributed by atoms with Crippen molar-refractivity contribution in [3.8, 4) is 0 Å². The molecule has 2 aromatic rings. The van der Waals surface area contributed by atoms with Gasteiger partial charge in [-0.1, -0.05) is 13.8 Å². The second-order valence-electron chi connectivity index (χ2n) is 15.2. The third-order valence-corrected chi connectivity index (χ3v) is 8.35. The highest BCUT2D eigenvalue weighted by atomic mass is 16.3. The number of aliphatic hydroxyl groups excluding tert-OH is 2. The van der Waals surface area contributed by atoms with Crippen molar-refractivity contribution >= 4 is 35.3 Å². The van der Waals surface area contributed by atoms with E-state index in [2.05, 4.69) is 53.6 Å². The Kier molecular flexibility index (Phi) is 12.7. The van der Waals surface area contributed by atoms with E-state index in [1.54, 1.807) is 6.92 Å². The highest BCUT2D eigenvalue weighted by Crippen LogP contribution is 2.29. The average molecular weight is 677 g/mol. The van der Waals surface area contributed by atoms with Crippen molar-refractivity contribution in [2.45, 2.75) is 136 Å². The second kappa shape index (κ2) is 16.5. The number of aryl methyl sites for hydroxylation is 1. The number of nitrogens with two attached hydrogens (primary N) is 2. The van der Waals surface area contributed by atoms with Gasteiger partial charge in [0.1, 0.15) is 17.2 Å². The summed E-state index contributed by atoms with van der Waals surface area (Å²) >= 11 is 0. The molecule has 270 valence electrons. The Morgan fingerprint density at radius 2 is 1.27 bits per heavy atom. The number of carbonyl (C=O) groups is 2. The van der Waals surface area contributed by atoms with Crippen molar-refractivity contribution in [1.29, 1.82) is 2.86 Å². The van der Waals surface area contributed by atoms with Gasteiger partial charge in [-0.25, -0.2) is 9.97 Å². The summed E-state index contributed by atoms with van der Waals surface area (Å²) in [4.78, 5) is 40.8. The van der Waals surface area contributed by atoms with Gasteiger partial charge in [0, 0.05) is 29.4 Å². The highest BCUT2D eigenvalue weighted by Gasteiger charge is 2.29. The largest absolute Gasteiger partial charge is 0.412 e. The normalized spacial score (nSPS) is 24.6. The molecule has 0 bridgehead atoms. The summed E-state index contributed by atoms with van der Waals surface area (Å²) in [6, 6.07) is 0.128. The van der Waals surface area contributed by atoms with E-state index < -0.39 is 11.8 Å². The zero-order valence-corrected chi connectivity index (χ0v) is 29.8. The molecule has 0 aromatic carbocycles. The Bertz CT molecular complexity index is 1420. The number of primary amides is 2. The van der Waals surface area contributed by atoms with Crippen LogP contribution in [0.3, 0.4) is 0 Å². The Morgan fingerprint density at radius 3 is 1.71 bits per heavy atom. The first-order chi connectivity index (χ1) is 23.1. The van der Waals surface area contributed by atoms with E-state index in [-0.39, 0.29) is 40.9 Å². The van der Waals surface area contributed by atoms with E-state index in [0.29, 0.717) is 59.5 Å². The summed E-state index contributed by atoms with van der Waals surface area (Å²) in [5.41, 5.74) is 14.4. The molecule has 0 saturated heterocycles. The third-order valence-electron chi connectivity index (χ3n) is 8.35. The smallest absolute Gasteiger partial charge is 0.254 e. The van der Waals surface area contributed by atoms with Crippen LogP contribution in [-0.4, -0.2) is 85.7 Å². The molecule has 2 heterocycles. The maximum Gasteiger partial charge on any atom is 0.254 e. The van der Waals surface area contributed by atoms with Gasteiger partial charge in [-0.2, -0.15) is 9.97 Å². The predicted molar refractivity (Wildman–Crippen MR) is 189 cm³/mol. The van der Waals surface area contributed by atoms with E-state index in [4.69, 9.17) is 14.3 Å². The maximum absolute atomic E-state index is 11.8. The zero-order valence-electron chi connectivity index (χ0n) is 31.8. The number of rotatable bonds is 8. The van der Waals surface area contributed by atoms with Crippen LogP contribution >= 0.6 is 0 Å². The first-order valence-corrected chi connectivity index (χ1v) is 16.5. The van der Waals surface area contributed by atoms with E-state index in [0.717, 1.165) is 25.7 Å². The highest BCUT2D eigenvalue weighted by molar-refractivity contribution is 5.99. The molecule has 0 aliphatic heterocycles. The number of carbonyl (C=O) groups excluding carboxylic acids is 2. The molecule has 6 atom stereocenters. The number of aromatic nitrogens is 4. The van der Waals surface area contributed by atoms with Gasteiger partial charge in [-0.15, -0.1) is 0 Å². The van der Waals surface area contributed by atoms with Crippen molar-refractivity contribution in [2.24, 2.45) is 23.3 Å². The fourth-order valence-electron chi connectivity index (χ4n) is 5.68. The van der Waals surface area contributed by atoms with Crippen LogP contribution in [0, 0.1) is 18.8 Å². The zero-order chi connectivity index (χ0) is 38.0. The van der Waals surface area contributed by atoms with Crippen molar-refractivity contribution < 1.29 is 25.3 Å². The summed E-state index contributed by atoms with van der Waals surface area (Å²) in [5.74, 6) is 1.23. The molecule has 6 unspecified atom stereocenters. The molecule has 2 fully saturated rings. The molecule has 4 rings (SSSR count). The minimum absolute atomic E-state index is 0.0612. The maximum atomic E-state index is 11.8. The van der Waals surface area contributed by atoms with Gasteiger partial charge in [-0.05, 0) is 98.8 Å². The lowest BCUT2D eigenvalue weighted by Crippen LogP contribution is -2.36. The van der Waals surface area contributed by atoms with Gasteiger partial charge in [0.2, 0.25) is 14.8 Å². The Balaban J connectivity index is 0.000000322. The first-order valence-electron chi connectivity index (χ1n) is 17.3. The molecular weight excluding hydrogens is 616 g/mol. The van der Waals surface area contributed by atoms with Crippen LogP contribution in [0.1, 0.15) is 120 Å². The average Bonchev–Trinajstić information content (AvgIpc) is 2.95. The van der Waals surface area contributed by atoms with Gasteiger partial charge >= 0.3 is 0 Å². The van der Waals surface area contributed by atoms with Gasteiger partial charge in [0.25, 0.3) is 11.8 Å². The SMILES string of the molecule is CC1CCC(Nc2nc(NC(C)(C)C)ncc2C(N)=O)CC1O.Cc1nc(NC(C)(C)C)nc(NC2CCC(C)C(O)C2)c1C(N)=O.[2H]O[2H]. The lowest BCUT2D eigenvalue weighted by atomic mass is 9.85. The van der Waals surface area contributed by atoms with Crippen molar-refractivity contribution in [2.75, 3.05) is 21.3 Å². The minimum atomic E-state index is -0.570. The Hall–Kier alpha value is -3.82. The lowest BCUT2D eigenvalue weighted by Gasteiger charge is -2.32. The van der Waals surface area contributed by atoms with E-state index in [9.17, 15) is 19.8 Å². The van der Waals surface area contributed by atoms with Crippen LogP contribution < -0.4 is 32.7 Å². The first kappa shape index (κ1) is 37.0. The van der Waals surface area contributed by atoms with Crippen LogP contribution in [-0.2, 0) is 0 Å². The summed E-state index contributed by atoms with van der Waals surface area (Å²) in [5, 5.41) is 33.1. The molecule has 48 heavy (non-hydrogen) atoms. The summed E-state index contributed by atoms with van der Waals surface area (Å²) < 4.78 is 10.8. The van der Waals surface area contributed by atoms with Gasteiger partial charge in [0.05, 0.1) is 23.5 Å². The number of nitrogens with zero attached hydrogens (tertiary/aromatic N) is 4. The summed E-state index contributed by atoms with van der Waals surface area (Å²) in [6.07, 6.45) is 5.72. The number of hydrogen-bond donors (Lipinski definition) is 8. The fraction of sp³-hybridized carbons (Fsp3) is 0.697. The number of amides is 2. The quantitative estimate of drug-likeness (QED) is 0.201. The van der Waals surface area contributed by atoms with Crippen molar-refractivity contribution in [3.05, 3.63) is 23.0 Å². The van der Waals surface area contributed by atoms with Gasteiger partial charge in [-0.3, -0.25) is 9.59 Å². The van der Waals surface area contributed by atoms with Crippen molar-refractivity contribution in [3.63, 3.8) is 0 Å². The molecule has 2 saturated carbocycles. The number of nitrogens with one attached hydrogen (secondary N) is 4. The van der Waals surface area contributed by atoms with Gasteiger partial charge < -0.3 is 48.4 Å². The number of anilines is 4. The topological polar surface area (TPSA) is 258 Å². The summed E-state index contributed by atoms with van der Waals surface area (Å²) in [7, 11) is 0. The van der Waals surface area contributed by atoms with E-state index >= 15 is 0 Å². The molecule has 2 aromatic heterocycles. The molecule has 2 amide bonds. The monoisotopic (exact) mass is 676 g/mol. The van der Waals surface area contributed by atoms with Crippen molar-refractivity contribution in [1.82, 2.24) is 19.9 Å². The minimum Gasteiger partial charge on any atom is -0.412 e. The molecule has 0 radical (unpaired) electrons. The summed E-state index contributed by atoms with van der Waals surface area (Å²) in [6.45, 7) is 17.9. The molecule has 15 nitrogen and oxygen atoms in total.